The average Bonchev–Trinajstić information content (AvgIpc) is 2.48. The van der Waals surface area contributed by atoms with Crippen LogP contribution in [-0.2, 0) is 6.42 Å². The van der Waals surface area contributed by atoms with E-state index in [0.717, 1.165) is 5.56 Å². The lowest BCUT2D eigenvalue weighted by Gasteiger charge is -2.06. The molecule has 21 heavy (non-hydrogen) atoms. The van der Waals surface area contributed by atoms with Gasteiger partial charge in [-0.05, 0) is 36.2 Å². The van der Waals surface area contributed by atoms with Gasteiger partial charge >= 0.3 is 5.97 Å². The molecule has 1 aromatic heterocycles. The Kier molecular flexibility index (Phi) is 4.90. The van der Waals surface area contributed by atoms with Crippen LogP contribution in [0.3, 0.4) is 0 Å². The van der Waals surface area contributed by atoms with E-state index in [9.17, 15) is 9.59 Å². The van der Waals surface area contributed by atoms with Crippen molar-refractivity contribution in [1.29, 1.82) is 0 Å². The van der Waals surface area contributed by atoms with Crippen LogP contribution in [0, 0.1) is 0 Å². The molecule has 0 aliphatic rings. The highest BCUT2D eigenvalue weighted by molar-refractivity contribution is 6.32. The molecule has 0 spiro atoms. The van der Waals surface area contributed by atoms with Crippen LogP contribution in [0.4, 0.5) is 0 Å². The van der Waals surface area contributed by atoms with Gasteiger partial charge in [0.25, 0.3) is 5.91 Å². The molecular formula is C15H13ClN2O3. The first-order valence-corrected chi connectivity index (χ1v) is 6.66. The van der Waals surface area contributed by atoms with Crippen LogP contribution >= 0.6 is 11.6 Å². The Hall–Kier alpha value is -2.40. The first-order valence-electron chi connectivity index (χ1n) is 6.29. The minimum absolute atomic E-state index is 0.167. The fourth-order valence-electron chi connectivity index (χ4n) is 1.78. The molecule has 2 aromatic rings. The number of amides is 1. The molecule has 0 unspecified atom stereocenters. The van der Waals surface area contributed by atoms with Gasteiger partial charge in [-0.15, -0.1) is 0 Å². The number of rotatable bonds is 5. The number of aromatic carboxylic acids is 1. The van der Waals surface area contributed by atoms with Gasteiger partial charge in [0.2, 0.25) is 0 Å². The Morgan fingerprint density at radius 1 is 1.19 bits per heavy atom. The monoisotopic (exact) mass is 304 g/mol. The lowest BCUT2D eigenvalue weighted by molar-refractivity contribution is 0.0696. The van der Waals surface area contributed by atoms with E-state index in [1.54, 1.807) is 24.3 Å². The first-order chi connectivity index (χ1) is 10.1. The predicted molar refractivity (Wildman–Crippen MR) is 78.7 cm³/mol. The first kappa shape index (κ1) is 15.0. The normalized spacial score (nSPS) is 10.1. The summed E-state index contributed by atoms with van der Waals surface area (Å²) in [6.45, 7) is 0.427. The van der Waals surface area contributed by atoms with Crippen molar-refractivity contribution in [1.82, 2.24) is 10.3 Å². The number of carbonyl (C=O) groups is 2. The van der Waals surface area contributed by atoms with Crippen molar-refractivity contribution in [3.8, 4) is 0 Å². The van der Waals surface area contributed by atoms with Crippen molar-refractivity contribution in [2.45, 2.75) is 6.42 Å². The number of nitrogens with one attached hydrogen (secondary N) is 1. The maximum atomic E-state index is 11.9. The van der Waals surface area contributed by atoms with Crippen LogP contribution in [0.2, 0.25) is 5.15 Å². The number of benzene rings is 1. The number of aromatic nitrogens is 1. The van der Waals surface area contributed by atoms with Crippen LogP contribution in [0.15, 0.2) is 42.6 Å². The van der Waals surface area contributed by atoms with E-state index in [2.05, 4.69) is 10.3 Å². The number of hydrogen-bond acceptors (Lipinski definition) is 3. The summed E-state index contributed by atoms with van der Waals surface area (Å²) in [5, 5.41) is 11.7. The zero-order valence-corrected chi connectivity index (χ0v) is 11.8. The third-order valence-corrected chi connectivity index (χ3v) is 3.21. The van der Waals surface area contributed by atoms with E-state index in [1.807, 2.05) is 0 Å². The van der Waals surface area contributed by atoms with Crippen LogP contribution in [0.1, 0.15) is 26.3 Å². The van der Waals surface area contributed by atoms with Gasteiger partial charge in [-0.25, -0.2) is 9.78 Å². The topological polar surface area (TPSA) is 79.3 Å². The molecule has 108 valence electrons. The third-order valence-electron chi connectivity index (χ3n) is 2.90. The highest BCUT2D eigenvalue weighted by Gasteiger charge is 2.09. The number of carboxylic acids is 1. The molecule has 0 saturated carbocycles. The summed E-state index contributed by atoms with van der Waals surface area (Å²) in [5.41, 5.74) is 1.52. The second-order valence-electron chi connectivity index (χ2n) is 4.35. The molecule has 0 atom stereocenters. The summed E-state index contributed by atoms with van der Waals surface area (Å²) in [5.74, 6) is -1.24. The Labute approximate surface area is 126 Å². The van der Waals surface area contributed by atoms with Crippen molar-refractivity contribution in [3.05, 3.63) is 64.4 Å². The van der Waals surface area contributed by atoms with Crippen molar-refractivity contribution in [2.24, 2.45) is 0 Å². The van der Waals surface area contributed by atoms with Crippen molar-refractivity contribution in [3.63, 3.8) is 0 Å². The molecule has 1 heterocycles. The molecule has 2 N–H and O–H groups in total. The number of nitrogens with zero attached hydrogens (tertiary/aromatic N) is 1. The Morgan fingerprint density at radius 3 is 2.52 bits per heavy atom. The average molecular weight is 305 g/mol. The van der Waals surface area contributed by atoms with E-state index in [-0.39, 0.29) is 16.6 Å². The van der Waals surface area contributed by atoms with Crippen molar-refractivity contribution < 1.29 is 14.7 Å². The van der Waals surface area contributed by atoms with E-state index in [0.29, 0.717) is 18.5 Å². The molecule has 0 aliphatic heterocycles. The maximum Gasteiger partial charge on any atom is 0.335 e. The molecule has 0 radical (unpaired) electrons. The Morgan fingerprint density at radius 2 is 1.90 bits per heavy atom. The maximum absolute atomic E-state index is 11.9. The number of hydrogen-bond donors (Lipinski definition) is 2. The highest BCUT2D eigenvalue weighted by Crippen LogP contribution is 2.11. The van der Waals surface area contributed by atoms with Gasteiger partial charge in [-0.2, -0.15) is 0 Å². The van der Waals surface area contributed by atoms with Crippen LogP contribution in [-0.4, -0.2) is 28.5 Å². The Bertz CT molecular complexity index is 656. The Balaban J connectivity index is 1.88. The fourth-order valence-corrected chi connectivity index (χ4v) is 1.99. The predicted octanol–water partition coefficient (Wildman–Crippen LogP) is 2.41. The van der Waals surface area contributed by atoms with Gasteiger partial charge in [-0.3, -0.25) is 4.79 Å². The molecule has 2 rings (SSSR count). The van der Waals surface area contributed by atoms with Crippen LogP contribution in [0.5, 0.6) is 0 Å². The standard InChI is InChI=1S/C15H13ClN2O3/c16-13-12(2-1-8-17-13)14(19)18-9-7-10-3-5-11(6-4-10)15(20)21/h1-6,8H,7,9H2,(H,18,19)(H,20,21). The number of carbonyl (C=O) groups excluding carboxylic acids is 1. The van der Waals surface area contributed by atoms with E-state index in [4.69, 9.17) is 16.7 Å². The minimum Gasteiger partial charge on any atom is -0.478 e. The van der Waals surface area contributed by atoms with Crippen molar-refractivity contribution in [2.75, 3.05) is 6.54 Å². The van der Waals surface area contributed by atoms with Gasteiger partial charge in [0, 0.05) is 12.7 Å². The second kappa shape index (κ2) is 6.85. The zero-order valence-electron chi connectivity index (χ0n) is 11.0. The molecule has 0 bridgehead atoms. The van der Waals surface area contributed by atoms with Gasteiger partial charge in [0.05, 0.1) is 11.1 Å². The number of halogens is 1. The van der Waals surface area contributed by atoms with E-state index in [1.165, 1.54) is 18.3 Å². The number of carboxylic acid groups (broad SMARTS) is 1. The summed E-state index contributed by atoms with van der Waals surface area (Å²) in [7, 11) is 0. The fraction of sp³-hybridized carbons (Fsp3) is 0.133. The molecule has 1 amide bonds. The van der Waals surface area contributed by atoms with Crippen LogP contribution in [0.25, 0.3) is 0 Å². The molecule has 6 heteroatoms. The van der Waals surface area contributed by atoms with E-state index >= 15 is 0 Å². The zero-order chi connectivity index (χ0) is 15.2. The van der Waals surface area contributed by atoms with Crippen LogP contribution < -0.4 is 5.32 Å². The molecule has 0 fully saturated rings. The third kappa shape index (κ3) is 4.03. The number of pyridine rings is 1. The molecule has 0 aliphatic carbocycles. The minimum atomic E-state index is -0.957. The molecule has 5 nitrogen and oxygen atoms in total. The molecular weight excluding hydrogens is 292 g/mol. The second-order valence-corrected chi connectivity index (χ2v) is 4.71. The van der Waals surface area contributed by atoms with Crippen molar-refractivity contribution >= 4 is 23.5 Å². The van der Waals surface area contributed by atoms with E-state index < -0.39 is 5.97 Å². The van der Waals surface area contributed by atoms with Gasteiger partial charge in [0.1, 0.15) is 5.15 Å². The summed E-state index contributed by atoms with van der Waals surface area (Å²) < 4.78 is 0. The summed E-state index contributed by atoms with van der Waals surface area (Å²) in [4.78, 5) is 26.5. The highest BCUT2D eigenvalue weighted by atomic mass is 35.5. The van der Waals surface area contributed by atoms with Gasteiger partial charge in [0.15, 0.2) is 0 Å². The molecule has 0 saturated heterocycles. The summed E-state index contributed by atoms with van der Waals surface area (Å²) in [6, 6.07) is 9.78. The summed E-state index contributed by atoms with van der Waals surface area (Å²) >= 11 is 5.83. The SMILES string of the molecule is O=C(O)c1ccc(CCNC(=O)c2cccnc2Cl)cc1. The summed E-state index contributed by atoms with van der Waals surface area (Å²) in [6.07, 6.45) is 2.12. The quantitative estimate of drug-likeness (QED) is 0.831. The molecule has 1 aromatic carbocycles. The smallest absolute Gasteiger partial charge is 0.335 e. The lowest BCUT2D eigenvalue weighted by atomic mass is 10.1. The van der Waals surface area contributed by atoms with Gasteiger partial charge in [-0.1, -0.05) is 23.7 Å². The van der Waals surface area contributed by atoms with Gasteiger partial charge < -0.3 is 10.4 Å². The largest absolute Gasteiger partial charge is 0.478 e. The lowest BCUT2D eigenvalue weighted by Crippen LogP contribution is -2.26.